The molecule has 8 heteroatoms. The molecule has 1 fully saturated rings. The molecule has 4 rings (SSSR count). The van der Waals surface area contributed by atoms with Gasteiger partial charge in [-0.05, 0) is 41.3 Å². The van der Waals surface area contributed by atoms with E-state index in [1.54, 1.807) is 28.4 Å². The van der Waals surface area contributed by atoms with Crippen LogP contribution in [0.4, 0.5) is 0 Å². The van der Waals surface area contributed by atoms with E-state index in [2.05, 4.69) is 6.92 Å². The fourth-order valence-electron chi connectivity index (χ4n) is 4.43. The van der Waals surface area contributed by atoms with Gasteiger partial charge in [0.2, 0.25) is 18.3 Å². The lowest BCUT2D eigenvalue weighted by molar-refractivity contribution is 0.0218. The number of ether oxygens (including phenoxy) is 7. The molecule has 2 aliphatic heterocycles. The molecule has 0 aliphatic carbocycles. The lowest BCUT2D eigenvalue weighted by Gasteiger charge is -2.21. The van der Waals surface area contributed by atoms with Crippen molar-refractivity contribution in [3.63, 3.8) is 0 Å². The molecule has 2 aromatic carbocycles. The van der Waals surface area contributed by atoms with Crippen LogP contribution in [-0.2, 0) is 4.74 Å². The molecule has 0 saturated carbocycles. The van der Waals surface area contributed by atoms with Gasteiger partial charge >= 0.3 is 0 Å². The summed E-state index contributed by atoms with van der Waals surface area (Å²) in [4.78, 5) is 0. The summed E-state index contributed by atoms with van der Waals surface area (Å²) in [5.41, 5.74) is 1.75. The van der Waals surface area contributed by atoms with Crippen LogP contribution in [-0.4, -0.2) is 46.9 Å². The van der Waals surface area contributed by atoms with Crippen molar-refractivity contribution in [1.29, 1.82) is 0 Å². The Morgan fingerprint density at radius 2 is 1.45 bits per heavy atom. The molecule has 2 heterocycles. The van der Waals surface area contributed by atoms with E-state index in [0.717, 1.165) is 11.1 Å². The van der Waals surface area contributed by atoms with Crippen LogP contribution in [0.15, 0.2) is 24.3 Å². The molecule has 2 aromatic rings. The zero-order valence-electron chi connectivity index (χ0n) is 18.3. The van der Waals surface area contributed by atoms with Crippen molar-refractivity contribution in [2.75, 3.05) is 41.8 Å². The van der Waals surface area contributed by atoms with Crippen LogP contribution in [0.2, 0.25) is 0 Å². The van der Waals surface area contributed by atoms with Crippen LogP contribution in [0.3, 0.4) is 0 Å². The Kier molecular flexibility index (Phi) is 6.02. The summed E-state index contributed by atoms with van der Waals surface area (Å²) in [5.74, 6) is 3.30. The summed E-state index contributed by atoms with van der Waals surface area (Å²) in [5, 5.41) is 10.2. The van der Waals surface area contributed by atoms with Crippen LogP contribution in [0.5, 0.6) is 34.5 Å². The van der Waals surface area contributed by atoms with Gasteiger partial charge in [-0.3, -0.25) is 0 Å². The van der Waals surface area contributed by atoms with E-state index < -0.39 is 0 Å². The largest absolute Gasteiger partial charge is 0.493 e. The predicted octanol–water partition coefficient (Wildman–Crippen LogP) is 3.51. The zero-order valence-corrected chi connectivity index (χ0v) is 18.3. The van der Waals surface area contributed by atoms with Crippen LogP contribution in [0.25, 0.3) is 0 Å². The summed E-state index contributed by atoms with van der Waals surface area (Å²) >= 11 is 0. The van der Waals surface area contributed by atoms with Gasteiger partial charge in [-0.15, -0.1) is 0 Å². The SMILES string of the molecule is COc1cc([C@H]2O[C@@H](c3cc(OC)c4c(c3)OCO4)[C@H](C)[C@H]2CO)cc(OC)c1OC. The Bertz CT molecular complexity index is 918. The molecular formula is C23H28O8. The van der Waals surface area contributed by atoms with Crippen LogP contribution >= 0.6 is 0 Å². The summed E-state index contributed by atoms with van der Waals surface area (Å²) in [7, 11) is 6.30. The third-order valence-corrected chi connectivity index (χ3v) is 6.07. The van der Waals surface area contributed by atoms with Gasteiger partial charge in [-0.25, -0.2) is 0 Å². The molecule has 1 N–H and O–H groups in total. The van der Waals surface area contributed by atoms with Gasteiger partial charge in [-0.2, -0.15) is 0 Å². The maximum absolute atomic E-state index is 10.2. The minimum atomic E-state index is -0.366. The van der Waals surface area contributed by atoms with Crippen molar-refractivity contribution < 1.29 is 38.3 Å². The first kappa shape index (κ1) is 21.4. The molecule has 0 unspecified atom stereocenters. The van der Waals surface area contributed by atoms with Gasteiger partial charge in [0, 0.05) is 12.5 Å². The molecular weight excluding hydrogens is 404 g/mol. The van der Waals surface area contributed by atoms with E-state index >= 15 is 0 Å². The van der Waals surface area contributed by atoms with Crippen LogP contribution in [0.1, 0.15) is 30.3 Å². The highest BCUT2D eigenvalue weighted by Crippen LogP contribution is 2.53. The molecule has 1 saturated heterocycles. The maximum atomic E-state index is 10.2. The van der Waals surface area contributed by atoms with Crippen LogP contribution in [0, 0.1) is 11.8 Å². The summed E-state index contributed by atoms with van der Waals surface area (Å²) in [6.07, 6.45) is -0.639. The van der Waals surface area contributed by atoms with E-state index in [1.165, 1.54) is 0 Å². The fourth-order valence-corrected chi connectivity index (χ4v) is 4.43. The second-order valence-corrected chi connectivity index (χ2v) is 7.60. The number of hydrogen-bond acceptors (Lipinski definition) is 8. The number of benzene rings is 2. The number of aliphatic hydroxyl groups excluding tert-OH is 1. The smallest absolute Gasteiger partial charge is 0.231 e. The molecule has 31 heavy (non-hydrogen) atoms. The minimum absolute atomic E-state index is 0.0270. The van der Waals surface area contributed by atoms with Crippen molar-refractivity contribution in [1.82, 2.24) is 0 Å². The van der Waals surface area contributed by atoms with Crippen molar-refractivity contribution >= 4 is 0 Å². The molecule has 2 aliphatic rings. The molecule has 0 radical (unpaired) electrons. The molecule has 4 atom stereocenters. The Labute approximate surface area is 181 Å². The Balaban J connectivity index is 1.72. The monoisotopic (exact) mass is 432 g/mol. The molecule has 168 valence electrons. The van der Waals surface area contributed by atoms with E-state index in [9.17, 15) is 5.11 Å². The van der Waals surface area contributed by atoms with E-state index in [1.807, 2.05) is 24.3 Å². The Morgan fingerprint density at radius 1 is 0.839 bits per heavy atom. The third-order valence-electron chi connectivity index (χ3n) is 6.07. The quantitative estimate of drug-likeness (QED) is 0.712. The predicted molar refractivity (Wildman–Crippen MR) is 112 cm³/mol. The third kappa shape index (κ3) is 3.59. The molecule has 0 amide bonds. The Hall–Kier alpha value is -2.84. The Morgan fingerprint density at radius 3 is 2.03 bits per heavy atom. The van der Waals surface area contributed by atoms with Crippen molar-refractivity contribution in [2.24, 2.45) is 11.8 Å². The van der Waals surface area contributed by atoms with Gasteiger partial charge in [-0.1, -0.05) is 6.92 Å². The average Bonchev–Trinajstić information content (AvgIpc) is 3.41. The van der Waals surface area contributed by atoms with Gasteiger partial charge in [0.05, 0.1) is 40.6 Å². The molecule has 8 nitrogen and oxygen atoms in total. The van der Waals surface area contributed by atoms with E-state index in [0.29, 0.717) is 34.5 Å². The van der Waals surface area contributed by atoms with Crippen molar-refractivity contribution in [2.45, 2.75) is 19.1 Å². The van der Waals surface area contributed by atoms with E-state index in [4.69, 9.17) is 33.2 Å². The number of hydrogen-bond donors (Lipinski definition) is 1. The summed E-state index contributed by atoms with van der Waals surface area (Å²) < 4.78 is 39.5. The van der Waals surface area contributed by atoms with Crippen molar-refractivity contribution in [3.05, 3.63) is 35.4 Å². The zero-order chi connectivity index (χ0) is 22.1. The molecule has 0 spiro atoms. The number of methoxy groups -OCH3 is 4. The maximum Gasteiger partial charge on any atom is 0.231 e. The van der Waals surface area contributed by atoms with Gasteiger partial charge in [0.25, 0.3) is 0 Å². The first-order valence-corrected chi connectivity index (χ1v) is 10.1. The topological polar surface area (TPSA) is 84.8 Å². The fraction of sp³-hybridized carbons (Fsp3) is 0.478. The second kappa shape index (κ2) is 8.72. The normalized spacial score (nSPS) is 24.2. The van der Waals surface area contributed by atoms with Crippen LogP contribution < -0.4 is 28.4 Å². The highest BCUT2D eigenvalue weighted by Gasteiger charge is 2.44. The van der Waals surface area contributed by atoms with Crippen molar-refractivity contribution in [3.8, 4) is 34.5 Å². The second-order valence-electron chi connectivity index (χ2n) is 7.60. The number of fused-ring (bicyclic) bond motifs is 1. The molecule has 0 aromatic heterocycles. The highest BCUT2D eigenvalue weighted by atomic mass is 16.7. The van der Waals surface area contributed by atoms with Gasteiger partial charge in [0.15, 0.2) is 23.0 Å². The first-order chi connectivity index (χ1) is 15.1. The number of rotatable bonds is 7. The van der Waals surface area contributed by atoms with Gasteiger partial charge in [0.1, 0.15) is 0 Å². The highest BCUT2D eigenvalue weighted by molar-refractivity contribution is 5.56. The molecule has 0 bridgehead atoms. The summed E-state index contributed by atoms with van der Waals surface area (Å²) in [6.45, 7) is 2.20. The standard InChI is InChI=1S/C23H28O8/c1-12-15(10-24)21(14-7-16(25-2)22(28-5)17(8-14)26-3)31-20(12)13-6-18(27-4)23-19(9-13)29-11-30-23/h6-9,12,15,20-21,24H,10-11H2,1-5H3/t12-,15-,20-,21-/m1/s1. The van der Waals surface area contributed by atoms with Gasteiger partial charge < -0.3 is 38.3 Å². The summed E-state index contributed by atoms with van der Waals surface area (Å²) in [6, 6.07) is 7.55. The number of aliphatic hydroxyl groups is 1. The first-order valence-electron chi connectivity index (χ1n) is 10.1. The van der Waals surface area contributed by atoms with E-state index in [-0.39, 0.29) is 37.4 Å². The average molecular weight is 432 g/mol. The minimum Gasteiger partial charge on any atom is -0.493 e. The lowest BCUT2D eigenvalue weighted by Crippen LogP contribution is -2.18. The lowest BCUT2D eigenvalue weighted by atomic mass is 9.84.